The van der Waals surface area contributed by atoms with E-state index in [-0.39, 0.29) is 36.6 Å². The second-order valence-electron chi connectivity index (χ2n) is 9.21. The molecule has 2 aromatic carbocycles. The van der Waals surface area contributed by atoms with Gasteiger partial charge in [-0.25, -0.2) is 4.79 Å². The Morgan fingerprint density at radius 3 is 2.56 bits per heavy atom. The zero-order valence-corrected chi connectivity index (χ0v) is 21.5. The molecule has 192 valence electrons. The Hall–Kier alpha value is -3.48. The van der Waals surface area contributed by atoms with Crippen molar-refractivity contribution in [3.63, 3.8) is 0 Å². The maximum absolute atomic E-state index is 13.2. The van der Waals surface area contributed by atoms with E-state index in [1.54, 1.807) is 6.08 Å². The third kappa shape index (κ3) is 5.06. The van der Waals surface area contributed by atoms with Crippen LogP contribution in [-0.2, 0) is 4.74 Å². The molecule has 2 aromatic rings. The number of fused-ring (bicyclic) bond motifs is 3. The van der Waals surface area contributed by atoms with Crippen molar-refractivity contribution >= 4 is 17.7 Å². The lowest BCUT2D eigenvalue weighted by Crippen LogP contribution is -2.48. The number of hydrogen-bond acceptors (Lipinski definition) is 5. The summed E-state index contributed by atoms with van der Waals surface area (Å²) in [6.45, 7) is 12.3. The van der Waals surface area contributed by atoms with Gasteiger partial charge in [-0.3, -0.25) is 4.79 Å². The minimum Gasteiger partial charge on any atom is -0.494 e. The minimum atomic E-state index is -0.344. The molecule has 3 unspecified atom stereocenters. The topological polar surface area (TPSA) is 71.1 Å². The Balaban J connectivity index is 1.76. The van der Waals surface area contributed by atoms with Gasteiger partial charge in [0.1, 0.15) is 12.4 Å². The number of nitrogens with zero attached hydrogens (tertiary/aromatic N) is 2. The molecule has 0 saturated carbocycles. The van der Waals surface area contributed by atoms with E-state index in [0.29, 0.717) is 31.8 Å². The summed E-state index contributed by atoms with van der Waals surface area (Å²) in [5.41, 5.74) is 3.69. The van der Waals surface area contributed by atoms with E-state index in [1.807, 2.05) is 60.9 Å². The Bertz CT molecular complexity index is 1080. The molecule has 7 heteroatoms. The average molecular weight is 492 g/mol. The maximum Gasteiger partial charge on any atom is 0.410 e. The number of rotatable bonds is 8. The zero-order valence-electron chi connectivity index (χ0n) is 21.5. The van der Waals surface area contributed by atoms with Crippen molar-refractivity contribution in [3.8, 4) is 5.75 Å². The number of benzene rings is 2. The van der Waals surface area contributed by atoms with Crippen LogP contribution < -0.4 is 10.1 Å². The quantitative estimate of drug-likeness (QED) is 0.472. The van der Waals surface area contributed by atoms with Crippen molar-refractivity contribution in [2.45, 2.75) is 45.7 Å². The smallest absolute Gasteiger partial charge is 0.410 e. The molecule has 0 aliphatic carbocycles. The predicted molar refractivity (Wildman–Crippen MR) is 141 cm³/mol. The molecule has 2 amide bonds. The molecule has 0 bridgehead atoms. The molecular formula is C29H37N3O4. The van der Waals surface area contributed by atoms with Crippen LogP contribution in [0.1, 0.15) is 67.2 Å². The third-order valence-corrected chi connectivity index (χ3v) is 7.19. The van der Waals surface area contributed by atoms with E-state index < -0.39 is 0 Å². The Kier molecular flexibility index (Phi) is 8.18. The van der Waals surface area contributed by atoms with E-state index in [2.05, 4.69) is 24.0 Å². The molecule has 0 aromatic heterocycles. The zero-order chi connectivity index (χ0) is 25.7. The second-order valence-corrected chi connectivity index (χ2v) is 9.21. The molecule has 4 rings (SSSR count). The van der Waals surface area contributed by atoms with Gasteiger partial charge in [-0.2, -0.15) is 0 Å². The second kappa shape index (κ2) is 11.5. The minimum absolute atomic E-state index is 0.00424. The number of hydrogen-bond donors (Lipinski definition) is 1. The van der Waals surface area contributed by atoms with Crippen molar-refractivity contribution < 1.29 is 19.1 Å². The molecular weight excluding hydrogens is 454 g/mol. The summed E-state index contributed by atoms with van der Waals surface area (Å²) in [7, 11) is 0. The summed E-state index contributed by atoms with van der Waals surface area (Å²) in [6, 6.07) is 13.8. The summed E-state index contributed by atoms with van der Waals surface area (Å²) < 4.78 is 11.1. The molecule has 1 fully saturated rings. The Morgan fingerprint density at radius 1 is 1.14 bits per heavy atom. The van der Waals surface area contributed by atoms with Crippen molar-refractivity contribution in [3.05, 3.63) is 71.8 Å². The molecule has 2 aliphatic rings. The van der Waals surface area contributed by atoms with Crippen LogP contribution in [0.3, 0.4) is 0 Å². The summed E-state index contributed by atoms with van der Waals surface area (Å²) >= 11 is 0. The standard InChI is InChI=1S/C29H37N3O4/c1-5-18-36-29(34)32-17-9-10-23-26(20-11-14-22(15-12-20)35-8-4)30-25-16-13-21(19-24(25)27(23)32)28(33)31(6-2)7-3/h5,11-16,19,23,26-27,30H,1,6-10,17-18H2,2-4H3. The van der Waals surface area contributed by atoms with Crippen molar-refractivity contribution in [2.24, 2.45) is 5.92 Å². The maximum atomic E-state index is 13.2. The van der Waals surface area contributed by atoms with Crippen molar-refractivity contribution in [1.82, 2.24) is 9.80 Å². The van der Waals surface area contributed by atoms with Gasteiger partial charge in [-0.05, 0) is 75.1 Å². The highest BCUT2D eigenvalue weighted by atomic mass is 16.6. The molecule has 2 heterocycles. The highest BCUT2D eigenvalue weighted by Crippen LogP contribution is 2.50. The van der Waals surface area contributed by atoms with Crippen molar-refractivity contribution in [1.29, 1.82) is 0 Å². The van der Waals surface area contributed by atoms with Crippen LogP contribution in [0.25, 0.3) is 0 Å². The lowest BCUT2D eigenvalue weighted by atomic mass is 9.74. The van der Waals surface area contributed by atoms with Crippen LogP contribution in [0.5, 0.6) is 5.75 Å². The van der Waals surface area contributed by atoms with Gasteiger partial charge in [0.25, 0.3) is 5.91 Å². The first-order valence-electron chi connectivity index (χ1n) is 13.0. The number of carbonyl (C=O) groups excluding carboxylic acids is 2. The van der Waals surface area contributed by atoms with E-state index in [1.165, 1.54) is 0 Å². The first kappa shape index (κ1) is 25.6. The van der Waals surface area contributed by atoms with Crippen molar-refractivity contribution in [2.75, 3.05) is 38.2 Å². The fourth-order valence-electron chi connectivity index (χ4n) is 5.50. The largest absolute Gasteiger partial charge is 0.494 e. The van der Waals surface area contributed by atoms with Gasteiger partial charge < -0.3 is 24.6 Å². The number of carbonyl (C=O) groups is 2. The van der Waals surface area contributed by atoms with Gasteiger partial charge in [-0.15, -0.1) is 0 Å². The molecule has 7 nitrogen and oxygen atoms in total. The number of piperidine rings is 1. The van der Waals surface area contributed by atoms with Crippen LogP contribution in [0, 0.1) is 5.92 Å². The lowest BCUT2D eigenvalue weighted by molar-refractivity contribution is 0.0505. The number of nitrogens with one attached hydrogen (secondary N) is 1. The summed E-state index contributed by atoms with van der Waals surface area (Å²) in [4.78, 5) is 30.0. The lowest BCUT2D eigenvalue weighted by Gasteiger charge is -2.48. The molecule has 1 N–H and O–H groups in total. The Morgan fingerprint density at radius 2 is 1.89 bits per heavy atom. The van der Waals surface area contributed by atoms with E-state index in [4.69, 9.17) is 9.47 Å². The number of anilines is 1. The first-order chi connectivity index (χ1) is 17.5. The van der Waals surface area contributed by atoms with Crippen LogP contribution >= 0.6 is 0 Å². The Labute approximate surface area is 214 Å². The molecule has 0 radical (unpaired) electrons. The SMILES string of the molecule is C=CCOC(=O)N1CCCC2C(c3ccc(OCC)cc3)Nc3ccc(C(=O)N(CC)CC)cc3C21. The molecule has 2 aliphatic heterocycles. The average Bonchev–Trinajstić information content (AvgIpc) is 2.91. The molecule has 0 spiro atoms. The first-order valence-corrected chi connectivity index (χ1v) is 13.0. The number of likely N-dealkylation sites (tertiary alicyclic amines) is 1. The van der Waals surface area contributed by atoms with Gasteiger partial charge in [0, 0.05) is 36.8 Å². The highest BCUT2D eigenvalue weighted by molar-refractivity contribution is 5.95. The molecule has 36 heavy (non-hydrogen) atoms. The van der Waals surface area contributed by atoms with E-state index in [0.717, 1.165) is 35.4 Å². The number of ether oxygens (including phenoxy) is 2. The van der Waals surface area contributed by atoms with E-state index >= 15 is 0 Å². The highest BCUT2D eigenvalue weighted by Gasteiger charge is 2.45. The summed E-state index contributed by atoms with van der Waals surface area (Å²) in [6.07, 6.45) is 3.07. The van der Waals surface area contributed by atoms with Crippen LogP contribution in [0.4, 0.5) is 10.5 Å². The van der Waals surface area contributed by atoms with E-state index in [9.17, 15) is 9.59 Å². The van der Waals surface area contributed by atoms with Crippen LogP contribution in [0.15, 0.2) is 55.1 Å². The van der Waals surface area contributed by atoms with Gasteiger partial charge in [-0.1, -0.05) is 24.8 Å². The van der Waals surface area contributed by atoms with Gasteiger partial charge in [0.15, 0.2) is 0 Å². The van der Waals surface area contributed by atoms with Crippen LogP contribution in [-0.4, -0.2) is 54.6 Å². The normalized spacial score (nSPS) is 20.4. The van der Waals surface area contributed by atoms with Gasteiger partial charge in [0.05, 0.1) is 18.7 Å². The summed E-state index contributed by atoms with van der Waals surface area (Å²) in [5, 5.41) is 3.73. The molecule has 1 saturated heterocycles. The fraction of sp³-hybridized carbons (Fsp3) is 0.448. The van der Waals surface area contributed by atoms with Gasteiger partial charge in [0.2, 0.25) is 0 Å². The van der Waals surface area contributed by atoms with Crippen LogP contribution in [0.2, 0.25) is 0 Å². The number of amides is 2. The monoisotopic (exact) mass is 491 g/mol. The fourth-order valence-corrected chi connectivity index (χ4v) is 5.50. The predicted octanol–water partition coefficient (Wildman–Crippen LogP) is 5.81. The third-order valence-electron chi connectivity index (χ3n) is 7.19. The molecule has 3 atom stereocenters. The van der Waals surface area contributed by atoms with Gasteiger partial charge >= 0.3 is 6.09 Å². The summed E-state index contributed by atoms with van der Waals surface area (Å²) in [5.74, 6) is 0.968.